The Morgan fingerprint density at radius 3 is 2.47 bits per heavy atom. The molecule has 0 bridgehead atoms. The zero-order valence-electron chi connectivity index (χ0n) is 29.0. The number of piperazine rings is 1. The van der Waals surface area contributed by atoms with E-state index < -0.39 is 0 Å². The minimum atomic E-state index is 0.578. The van der Waals surface area contributed by atoms with E-state index in [-0.39, 0.29) is 0 Å². The number of aromatic amines is 1. The Labute approximate surface area is 295 Å². The second-order valence-corrected chi connectivity index (χ2v) is 13.2. The van der Waals surface area contributed by atoms with Crippen LogP contribution in [-0.4, -0.2) is 93.4 Å². The lowest BCUT2D eigenvalue weighted by atomic mass is 9.97. The molecule has 6 rings (SSSR count). The number of ether oxygens (including phenoxy) is 1. The molecule has 258 valence electrons. The van der Waals surface area contributed by atoms with Crippen LogP contribution in [0.1, 0.15) is 49.7 Å². The first-order valence-electron chi connectivity index (χ1n) is 17.5. The van der Waals surface area contributed by atoms with Crippen LogP contribution in [0.25, 0.3) is 22.5 Å². The van der Waals surface area contributed by atoms with Crippen molar-refractivity contribution in [1.82, 2.24) is 40.0 Å². The Morgan fingerprint density at radius 1 is 0.918 bits per heavy atom. The molecule has 49 heavy (non-hydrogen) atoms. The lowest BCUT2D eigenvalue weighted by molar-refractivity contribution is 0.241. The Balaban J connectivity index is 1.08. The standard InChI is InChI=1S/C38H48ClN9O/c1-4-5-17-36-40-37(39)34(28-45(2)20-11-12-21-46-22-24-47(25-23-46)33-15-9-10-16-35(33)49-3)48(36)27-29-18-19-31(30-13-7-6-8-14-30)32(26-29)38-41-43-44-42-38/h6-10,13-16,18-19,26H,4-5,11-12,17,20-25,27-28H2,1-3H3,(H,41,42,43,44). The first kappa shape index (κ1) is 34.6. The predicted molar refractivity (Wildman–Crippen MR) is 197 cm³/mol. The van der Waals surface area contributed by atoms with Crippen molar-refractivity contribution in [3.8, 4) is 28.3 Å². The third-order valence-corrected chi connectivity index (χ3v) is 9.74. The van der Waals surface area contributed by atoms with Crippen LogP contribution in [0.5, 0.6) is 5.75 Å². The highest BCUT2D eigenvalue weighted by molar-refractivity contribution is 6.30. The van der Waals surface area contributed by atoms with Gasteiger partial charge in [0.1, 0.15) is 11.6 Å². The van der Waals surface area contributed by atoms with Crippen molar-refractivity contribution in [3.05, 3.63) is 95.0 Å². The van der Waals surface area contributed by atoms with Gasteiger partial charge in [-0.3, -0.25) is 4.90 Å². The highest BCUT2D eigenvalue weighted by Crippen LogP contribution is 2.32. The number of aromatic nitrogens is 6. The fraction of sp³-hybridized carbons (Fsp3) is 0.421. The van der Waals surface area contributed by atoms with Crippen LogP contribution in [-0.2, 0) is 19.5 Å². The second kappa shape index (κ2) is 16.9. The predicted octanol–water partition coefficient (Wildman–Crippen LogP) is 6.82. The number of rotatable bonds is 16. The van der Waals surface area contributed by atoms with Gasteiger partial charge in [0.25, 0.3) is 0 Å². The Morgan fingerprint density at radius 2 is 1.71 bits per heavy atom. The third kappa shape index (κ3) is 8.68. The summed E-state index contributed by atoms with van der Waals surface area (Å²) in [5.74, 6) is 2.57. The molecule has 1 N–H and O–H groups in total. The van der Waals surface area contributed by atoms with Crippen LogP contribution in [0.4, 0.5) is 5.69 Å². The molecule has 5 aromatic rings. The molecule has 0 atom stereocenters. The second-order valence-electron chi connectivity index (χ2n) is 12.9. The smallest absolute Gasteiger partial charge is 0.205 e. The fourth-order valence-corrected chi connectivity index (χ4v) is 6.99. The molecule has 3 aromatic carbocycles. The van der Waals surface area contributed by atoms with Crippen molar-refractivity contribution < 1.29 is 4.74 Å². The number of aryl methyl sites for hydroxylation is 1. The van der Waals surface area contributed by atoms with Gasteiger partial charge in [-0.25, -0.2) is 4.98 Å². The highest BCUT2D eigenvalue weighted by atomic mass is 35.5. The summed E-state index contributed by atoms with van der Waals surface area (Å²) in [5.41, 5.74) is 6.52. The molecular formula is C38H48ClN9O. The number of imidazole rings is 1. The maximum atomic E-state index is 6.89. The van der Waals surface area contributed by atoms with Crippen LogP contribution < -0.4 is 9.64 Å². The highest BCUT2D eigenvalue weighted by Gasteiger charge is 2.21. The van der Waals surface area contributed by atoms with Gasteiger partial charge in [-0.2, -0.15) is 5.21 Å². The minimum absolute atomic E-state index is 0.578. The summed E-state index contributed by atoms with van der Waals surface area (Å²) in [7, 11) is 3.94. The number of hydrogen-bond acceptors (Lipinski definition) is 8. The zero-order chi connectivity index (χ0) is 34.0. The number of unbranched alkanes of at least 4 members (excludes halogenated alkanes) is 2. The average molecular weight is 682 g/mol. The Bertz CT molecular complexity index is 1750. The topological polar surface area (TPSA) is 91.2 Å². The monoisotopic (exact) mass is 681 g/mol. The van der Waals surface area contributed by atoms with E-state index in [4.69, 9.17) is 21.3 Å². The number of tetrazole rings is 1. The molecule has 1 aliphatic rings. The van der Waals surface area contributed by atoms with Crippen molar-refractivity contribution >= 4 is 17.3 Å². The van der Waals surface area contributed by atoms with Crippen molar-refractivity contribution in [2.24, 2.45) is 0 Å². The van der Waals surface area contributed by atoms with Crippen LogP contribution in [0, 0.1) is 0 Å². The summed E-state index contributed by atoms with van der Waals surface area (Å²) >= 11 is 6.89. The summed E-state index contributed by atoms with van der Waals surface area (Å²) in [6.07, 6.45) is 5.36. The number of benzene rings is 3. The zero-order valence-corrected chi connectivity index (χ0v) is 29.7. The largest absolute Gasteiger partial charge is 0.495 e. The fourth-order valence-electron chi connectivity index (χ4n) is 6.73. The van der Waals surface area contributed by atoms with Gasteiger partial charge >= 0.3 is 0 Å². The summed E-state index contributed by atoms with van der Waals surface area (Å²) in [5, 5.41) is 15.7. The maximum absolute atomic E-state index is 6.89. The quantitative estimate of drug-likeness (QED) is 0.114. The summed E-state index contributed by atoms with van der Waals surface area (Å²) in [4.78, 5) is 12.3. The number of para-hydroxylation sites is 2. The van der Waals surface area contributed by atoms with E-state index in [1.807, 2.05) is 30.3 Å². The van der Waals surface area contributed by atoms with Gasteiger partial charge in [-0.05, 0) is 79.5 Å². The van der Waals surface area contributed by atoms with Crippen LogP contribution in [0.15, 0.2) is 72.8 Å². The lowest BCUT2D eigenvalue weighted by Gasteiger charge is -2.36. The van der Waals surface area contributed by atoms with Crippen molar-refractivity contribution in [1.29, 1.82) is 0 Å². The van der Waals surface area contributed by atoms with E-state index in [1.54, 1.807) is 7.11 Å². The lowest BCUT2D eigenvalue weighted by Crippen LogP contribution is -2.46. The van der Waals surface area contributed by atoms with Gasteiger partial charge < -0.3 is 19.1 Å². The van der Waals surface area contributed by atoms with Gasteiger partial charge in [-0.1, -0.05) is 79.5 Å². The number of halogens is 1. The molecule has 0 spiro atoms. The molecule has 0 radical (unpaired) electrons. The number of nitrogens with zero attached hydrogens (tertiary/aromatic N) is 8. The van der Waals surface area contributed by atoms with E-state index in [0.717, 1.165) is 111 Å². The molecule has 1 saturated heterocycles. The van der Waals surface area contributed by atoms with Gasteiger partial charge in [0.2, 0.25) is 5.82 Å². The summed E-state index contributed by atoms with van der Waals surface area (Å²) in [6, 6.07) is 25.2. The van der Waals surface area contributed by atoms with E-state index in [0.29, 0.717) is 17.5 Å². The van der Waals surface area contributed by atoms with Crippen molar-refractivity contribution in [2.75, 3.05) is 58.3 Å². The number of methoxy groups -OCH3 is 1. The Kier molecular flexibility index (Phi) is 11.9. The summed E-state index contributed by atoms with van der Waals surface area (Å²) < 4.78 is 7.92. The molecule has 0 saturated carbocycles. The molecule has 10 nitrogen and oxygen atoms in total. The van der Waals surface area contributed by atoms with Crippen LogP contribution >= 0.6 is 11.6 Å². The third-order valence-electron chi connectivity index (χ3n) is 9.43. The van der Waals surface area contributed by atoms with Gasteiger partial charge in [0.15, 0.2) is 5.15 Å². The first-order valence-corrected chi connectivity index (χ1v) is 17.9. The van der Waals surface area contributed by atoms with Gasteiger partial charge in [0, 0.05) is 51.3 Å². The maximum Gasteiger partial charge on any atom is 0.205 e. The molecule has 0 aliphatic carbocycles. The van der Waals surface area contributed by atoms with Crippen LogP contribution in [0.2, 0.25) is 5.15 Å². The van der Waals surface area contributed by atoms with Gasteiger partial charge in [-0.15, -0.1) is 10.2 Å². The van der Waals surface area contributed by atoms with Crippen molar-refractivity contribution in [3.63, 3.8) is 0 Å². The van der Waals surface area contributed by atoms with Crippen molar-refractivity contribution in [2.45, 2.75) is 52.1 Å². The van der Waals surface area contributed by atoms with E-state index >= 15 is 0 Å². The SMILES string of the molecule is CCCCc1nc(Cl)c(CN(C)CCCCN2CCN(c3ccccc3OC)CC2)n1Cc1ccc(-c2ccccc2)c(-c2nn[nH]n2)c1. The number of nitrogens with one attached hydrogen (secondary N) is 1. The van der Waals surface area contributed by atoms with E-state index in [9.17, 15) is 0 Å². The molecule has 0 unspecified atom stereocenters. The molecule has 1 fully saturated rings. The normalized spacial score (nSPS) is 13.8. The minimum Gasteiger partial charge on any atom is -0.495 e. The molecule has 11 heteroatoms. The molecule has 1 aliphatic heterocycles. The van der Waals surface area contributed by atoms with Gasteiger partial charge in [0.05, 0.1) is 18.5 Å². The number of anilines is 1. The molecular weight excluding hydrogens is 634 g/mol. The molecule has 3 heterocycles. The average Bonchev–Trinajstić information content (AvgIpc) is 3.78. The van der Waals surface area contributed by atoms with E-state index in [1.165, 1.54) is 12.1 Å². The van der Waals surface area contributed by atoms with Crippen LogP contribution in [0.3, 0.4) is 0 Å². The molecule has 0 amide bonds. The molecule has 2 aromatic heterocycles. The Hall–Kier alpha value is -4.25. The first-order chi connectivity index (χ1) is 24.0. The summed E-state index contributed by atoms with van der Waals surface area (Å²) in [6.45, 7) is 9.94. The number of hydrogen-bond donors (Lipinski definition) is 1. The van der Waals surface area contributed by atoms with E-state index in [2.05, 4.69) is 96.3 Å². The number of H-pyrrole nitrogens is 1.